The predicted molar refractivity (Wildman–Crippen MR) is 71.7 cm³/mol. The van der Waals surface area contributed by atoms with Gasteiger partial charge in [0.2, 0.25) is 0 Å². The Balaban J connectivity index is 0.000000182. The third kappa shape index (κ3) is 3.24. The Labute approximate surface area is 116 Å². The first-order chi connectivity index (χ1) is 8.14. The fourth-order valence-electron chi connectivity index (χ4n) is 1.09. The van der Waals surface area contributed by atoms with Crippen molar-refractivity contribution in [3.8, 4) is 11.1 Å². The number of esters is 2. The monoisotopic (exact) mass is 288 g/mol. The molecule has 3 nitrogen and oxygen atoms in total. The van der Waals surface area contributed by atoms with Gasteiger partial charge in [0.15, 0.2) is 0 Å². The molecule has 0 amide bonds. The smallest absolute Gasteiger partial charge is 0.318 e. The third-order valence-electron chi connectivity index (χ3n) is 2.22. The summed E-state index contributed by atoms with van der Waals surface area (Å²) in [6.45, 7) is 6.29. The Morgan fingerprint density at radius 3 is 1.56 bits per heavy atom. The lowest BCUT2D eigenvalue weighted by atomic mass is 9.94. The molecule has 0 saturated heterocycles. The lowest BCUT2D eigenvalue weighted by Gasteiger charge is -2.19. The summed E-state index contributed by atoms with van der Waals surface area (Å²) in [6, 6.07) is 3.92. The van der Waals surface area contributed by atoms with Gasteiger partial charge in [-0.15, -0.1) is 0 Å². The zero-order chi connectivity index (χ0) is 14.1. The minimum absolute atomic E-state index is 0.486. The van der Waals surface area contributed by atoms with Crippen LogP contribution in [0.15, 0.2) is 12.1 Å². The molecule has 2 rings (SSSR count). The fraction of sp³-hybridized carbons (Fsp3) is 0.385. The number of hydrogen-bond acceptors (Lipinski definition) is 3. The molecule has 5 heteroatoms. The normalized spacial score (nSPS) is 11.2. The Kier molecular flexibility index (Phi) is 4.41. The Morgan fingerprint density at radius 2 is 1.44 bits per heavy atom. The van der Waals surface area contributed by atoms with Crippen molar-refractivity contribution >= 4 is 35.1 Å². The number of fused-ring (bicyclic) bond motifs is 1. The van der Waals surface area contributed by atoms with Gasteiger partial charge in [0, 0.05) is 18.1 Å². The first-order valence-electron chi connectivity index (χ1n) is 5.36. The molecule has 2 aliphatic rings. The summed E-state index contributed by atoms with van der Waals surface area (Å²) < 4.78 is 4.34. The van der Waals surface area contributed by atoms with Crippen LogP contribution in [0.5, 0.6) is 0 Å². The molecule has 18 heavy (non-hydrogen) atoms. The zero-order valence-corrected chi connectivity index (χ0v) is 12.1. The highest BCUT2D eigenvalue weighted by atomic mass is 35.5. The van der Waals surface area contributed by atoms with E-state index in [1.807, 2.05) is 12.1 Å². The molecule has 0 atom stereocenters. The quantitative estimate of drug-likeness (QED) is 0.542. The number of halogens is 2. The SMILES string of the molecule is CC(=O)OC(=O)C(C)(C)C.Clc1c2ccc-2c1Cl. The fourth-order valence-corrected chi connectivity index (χ4v) is 1.62. The van der Waals surface area contributed by atoms with E-state index >= 15 is 0 Å². The van der Waals surface area contributed by atoms with Crippen LogP contribution < -0.4 is 0 Å². The molecule has 0 radical (unpaired) electrons. The average Bonchev–Trinajstić information content (AvgIpc) is 2.14. The summed E-state index contributed by atoms with van der Waals surface area (Å²) >= 11 is 11.3. The Bertz CT molecular complexity index is 475. The van der Waals surface area contributed by atoms with E-state index in [0.29, 0.717) is 0 Å². The highest BCUT2D eigenvalue weighted by Gasteiger charge is 2.24. The molecular weight excluding hydrogens is 275 g/mol. The van der Waals surface area contributed by atoms with E-state index in [0.717, 1.165) is 21.2 Å². The lowest BCUT2D eigenvalue weighted by molar-refractivity contribution is -0.164. The summed E-state index contributed by atoms with van der Waals surface area (Å²) in [5.74, 6) is -1.04. The zero-order valence-electron chi connectivity index (χ0n) is 10.6. The standard InChI is InChI=1S/C7H12O3.C6H2Cl2/c1-5(8)10-6(9)7(2,3)4;7-5-3-1-2-4(3)6(5)8/h1-4H3;1-2H. The van der Waals surface area contributed by atoms with Crippen LogP contribution >= 0.6 is 23.2 Å². The van der Waals surface area contributed by atoms with E-state index in [-0.39, 0.29) is 0 Å². The van der Waals surface area contributed by atoms with Crippen molar-refractivity contribution in [1.29, 1.82) is 0 Å². The second-order valence-electron chi connectivity index (χ2n) is 4.92. The molecule has 0 bridgehead atoms. The largest absolute Gasteiger partial charge is 0.393 e. The molecule has 0 aliphatic heterocycles. The summed E-state index contributed by atoms with van der Waals surface area (Å²) in [4.78, 5) is 21.1. The van der Waals surface area contributed by atoms with E-state index < -0.39 is 17.4 Å². The van der Waals surface area contributed by atoms with Crippen molar-refractivity contribution < 1.29 is 14.3 Å². The van der Waals surface area contributed by atoms with Crippen molar-refractivity contribution in [3.05, 3.63) is 22.2 Å². The van der Waals surface area contributed by atoms with Gasteiger partial charge in [0.1, 0.15) is 0 Å². The van der Waals surface area contributed by atoms with E-state index in [2.05, 4.69) is 4.74 Å². The third-order valence-corrected chi connectivity index (χ3v) is 3.10. The minimum atomic E-state index is -0.592. The van der Waals surface area contributed by atoms with Gasteiger partial charge in [0.25, 0.3) is 0 Å². The summed E-state index contributed by atoms with van der Waals surface area (Å²) in [7, 11) is 0. The topological polar surface area (TPSA) is 43.4 Å². The molecule has 0 aromatic carbocycles. The molecule has 0 unspecified atom stereocenters. The average molecular weight is 289 g/mol. The Morgan fingerprint density at radius 1 is 1.06 bits per heavy atom. The highest BCUT2D eigenvalue weighted by Crippen LogP contribution is 2.49. The molecule has 0 heterocycles. The van der Waals surface area contributed by atoms with Crippen molar-refractivity contribution in [3.63, 3.8) is 0 Å². The molecule has 0 N–H and O–H groups in total. The van der Waals surface area contributed by atoms with Gasteiger partial charge in [-0.25, -0.2) is 0 Å². The summed E-state index contributed by atoms with van der Waals surface area (Å²) in [6.07, 6.45) is 0. The number of ether oxygens (including phenoxy) is 1. The van der Waals surface area contributed by atoms with Crippen LogP contribution in [0.25, 0.3) is 11.1 Å². The first-order valence-corrected chi connectivity index (χ1v) is 6.11. The van der Waals surface area contributed by atoms with Crippen LogP contribution in [-0.4, -0.2) is 11.9 Å². The van der Waals surface area contributed by atoms with Gasteiger partial charge < -0.3 is 4.74 Å². The molecule has 98 valence electrons. The predicted octanol–water partition coefficient (Wildman–Crippen LogP) is 4.10. The van der Waals surface area contributed by atoms with Gasteiger partial charge in [-0.05, 0) is 20.8 Å². The van der Waals surface area contributed by atoms with Gasteiger partial charge in [0.05, 0.1) is 15.5 Å². The molecule has 0 spiro atoms. The van der Waals surface area contributed by atoms with Crippen molar-refractivity contribution in [1.82, 2.24) is 0 Å². The van der Waals surface area contributed by atoms with Crippen LogP contribution in [0, 0.1) is 5.41 Å². The molecule has 0 saturated carbocycles. The van der Waals surface area contributed by atoms with Crippen LogP contribution in [0.1, 0.15) is 27.7 Å². The van der Waals surface area contributed by atoms with Crippen molar-refractivity contribution in [2.75, 3.05) is 0 Å². The number of benzene rings is 1. The maximum atomic E-state index is 10.8. The number of hydrogen-bond donors (Lipinski definition) is 0. The summed E-state index contributed by atoms with van der Waals surface area (Å²) in [5.41, 5.74) is 1.65. The molecule has 0 aromatic rings. The highest BCUT2D eigenvalue weighted by molar-refractivity contribution is 6.49. The van der Waals surface area contributed by atoms with E-state index in [1.54, 1.807) is 20.8 Å². The van der Waals surface area contributed by atoms with E-state index in [4.69, 9.17) is 23.2 Å². The maximum Gasteiger partial charge on any atom is 0.318 e. The summed E-state index contributed by atoms with van der Waals surface area (Å²) in [5, 5.41) is 1.45. The molecule has 0 aromatic heterocycles. The number of rotatable bonds is 0. The minimum Gasteiger partial charge on any atom is -0.393 e. The van der Waals surface area contributed by atoms with Crippen LogP contribution in [0.2, 0.25) is 10.0 Å². The van der Waals surface area contributed by atoms with Gasteiger partial charge in [-0.3, -0.25) is 9.59 Å². The van der Waals surface area contributed by atoms with Gasteiger partial charge >= 0.3 is 11.9 Å². The van der Waals surface area contributed by atoms with Crippen LogP contribution in [-0.2, 0) is 14.3 Å². The lowest BCUT2D eigenvalue weighted by Crippen LogP contribution is -2.24. The molecular formula is C13H14Cl2O3. The second-order valence-corrected chi connectivity index (χ2v) is 5.68. The number of carbonyl (C=O) groups is 2. The molecule has 2 aliphatic carbocycles. The Hall–Kier alpha value is -1.06. The van der Waals surface area contributed by atoms with Crippen LogP contribution in [0.3, 0.4) is 0 Å². The second kappa shape index (κ2) is 5.29. The van der Waals surface area contributed by atoms with Crippen LogP contribution in [0.4, 0.5) is 0 Å². The van der Waals surface area contributed by atoms with Gasteiger partial charge in [-0.2, -0.15) is 0 Å². The van der Waals surface area contributed by atoms with Crippen molar-refractivity contribution in [2.45, 2.75) is 27.7 Å². The maximum absolute atomic E-state index is 10.8. The van der Waals surface area contributed by atoms with E-state index in [1.165, 1.54) is 6.92 Å². The molecule has 0 fully saturated rings. The number of carbonyl (C=O) groups excluding carboxylic acids is 2. The van der Waals surface area contributed by atoms with Crippen molar-refractivity contribution in [2.24, 2.45) is 5.41 Å². The van der Waals surface area contributed by atoms with Gasteiger partial charge in [-0.1, -0.05) is 35.3 Å². The first kappa shape index (κ1) is 15.0. The van der Waals surface area contributed by atoms with E-state index in [9.17, 15) is 9.59 Å².